The Morgan fingerprint density at radius 2 is 2.38 bits per heavy atom. The molecule has 0 spiro atoms. The fourth-order valence-corrected chi connectivity index (χ4v) is 2.20. The molecule has 1 saturated carbocycles. The van der Waals surface area contributed by atoms with Crippen LogP contribution < -0.4 is 5.32 Å². The molecule has 16 heavy (non-hydrogen) atoms. The second-order valence-electron chi connectivity index (χ2n) is 5.02. The quantitative estimate of drug-likeness (QED) is 0.766. The maximum Gasteiger partial charge on any atom is 0.0948 e. The Balaban J connectivity index is 1.73. The van der Waals surface area contributed by atoms with Gasteiger partial charge in [0, 0.05) is 19.3 Å². The number of nitrogens with one attached hydrogen (secondary N) is 1. The van der Waals surface area contributed by atoms with Gasteiger partial charge in [-0.05, 0) is 37.6 Å². The summed E-state index contributed by atoms with van der Waals surface area (Å²) in [6.07, 6.45) is 7.96. The fourth-order valence-electron chi connectivity index (χ4n) is 2.20. The Kier molecular flexibility index (Phi) is 3.99. The topological polar surface area (TPSA) is 29.9 Å². The average Bonchev–Trinajstić information content (AvgIpc) is 3.03. The summed E-state index contributed by atoms with van der Waals surface area (Å²) >= 11 is 0. The van der Waals surface area contributed by atoms with Gasteiger partial charge in [0.25, 0.3) is 0 Å². The van der Waals surface area contributed by atoms with E-state index in [1.54, 1.807) is 0 Å². The van der Waals surface area contributed by atoms with Gasteiger partial charge in [-0.2, -0.15) is 0 Å². The van der Waals surface area contributed by atoms with E-state index >= 15 is 0 Å². The van der Waals surface area contributed by atoms with Crippen molar-refractivity contribution in [3.63, 3.8) is 0 Å². The number of aromatic nitrogens is 2. The van der Waals surface area contributed by atoms with Gasteiger partial charge >= 0.3 is 0 Å². The molecule has 1 heterocycles. The van der Waals surface area contributed by atoms with Gasteiger partial charge in [-0.3, -0.25) is 0 Å². The lowest BCUT2D eigenvalue weighted by Crippen LogP contribution is -2.23. The van der Waals surface area contributed by atoms with Crippen molar-refractivity contribution in [2.45, 2.75) is 46.2 Å². The van der Waals surface area contributed by atoms with Crippen LogP contribution in [-0.4, -0.2) is 16.1 Å². The normalized spacial score (nSPS) is 17.6. The smallest absolute Gasteiger partial charge is 0.0948 e. The van der Waals surface area contributed by atoms with E-state index in [0.29, 0.717) is 0 Å². The van der Waals surface area contributed by atoms with Crippen LogP contribution in [0.25, 0.3) is 0 Å². The first-order valence-corrected chi connectivity index (χ1v) is 6.51. The Labute approximate surface area is 98.3 Å². The zero-order valence-corrected chi connectivity index (χ0v) is 10.4. The van der Waals surface area contributed by atoms with E-state index in [9.17, 15) is 0 Å². The van der Waals surface area contributed by atoms with E-state index in [1.807, 2.05) is 12.5 Å². The van der Waals surface area contributed by atoms with Crippen LogP contribution in [0.2, 0.25) is 0 Å². The van der Waals surface area contributed by atoms with Crippen molar-refractivity contribution in [2.75, 3.05) is 6.54 Å². The zero-order chi connectivity index (χ0) is 11.4. The molecule has 3 heteroatoms. The zero-order valence-electron chi connectivity index (χ0n) is 10.4. The molecule has 1 aliphatic rings. The third kappa shape index (κ3) is 3.08. The van der Waals surface area contributed by atoms with Crippen LogP contribution in [0.4, 0.5) is 0 Å². The van der Waals surface area contributed by atoms with Crippen molar-refractivity contribution in [2.24, 2.45) is 11.8 Å². The molecule has 0 aromatic carbocycles. The molecule has 1 aliphatic carbocycles. The molecule has 0 saturated heterocycles. The monoisotopic (exact) mass is 221 g/mol. The third-order valence-corrected chi connectivity index (χ3v) is 3.46. The summed E-state index contributed by atoms with van der Waals surface area (Å²) in [5, 5.41) is 3.55. The van der Waals surface area contributed by atoms with Crippen LogP contribution in [0.15, 0.2) is 12.5 Å². The summed E-state index contributed by atoms with van der Waals surface area (Å²) in [6, 6.07) is 0. The van der Waals surface area contributed by atoms with Crippen LogP contribution in [0, 0.1) is 11.8 Å². The van der Waals surface area contributed by atoms with E-state index in [4.69, 9.17) is 0 Å². The van der Waals surface area contributed by atoms with Crippen molar-refractivity contribution in [3.8, 4) is 0 Å². The number of hydrogen-bond donors (Lipinski definition) is 1. The molecular formula is C13H23N3. The minimum Gasteiger partial charge on any atom is -0.333 e. The molecule has 1 N–H and O–H groups in total. The largest absolute Gasteiger partial charge is 0.333 e. The van der Waals surface area contributed by atoms with Crippen molar-refractivity contribution < 1.29 is 0 Å². The number of nitrogens with zero attached hydrogens (tertiary/aromatic N) is 2. The molecular weight excluding hydrogens is 198 g/mol. The molecule has 0 amide bonds. The Morgan fingerprint density at radius 3 is 3.06 bits per heavy atom. The number of hydrogen-bond acceptors (Lipinski definition) is 2. The molecule has 1 unspecified atom stereocenters. The molecule has 0 aliphatic heterocycles. The number of rotatable bonds is 7. The van der Waals surface area contributed by atoms with Gasteiger partial charge in [-0.1, -0.05) is 13.8 Å². The summed E-state index contributed by atoms with van der Waals surface area (Å²) in [5.74, 6) is 1.83. The molecule has 90 valence electrons. The first kappa shape index (κ1) is 11.6. The summed E-state index contributed by atoms with van der Waals surface area (Å²) in [5.41, 5.74) is 1.31. The third-order valence-electron chi connectivity index (χ3n) is 3.46. The minimum atomic E-state index is 0.836. The van der Waals surface area contributed by atoms with Crippen molar-refractivity contribution in [3.05, 3.63) is 18.2 Å². The standard InChI is InChI=1S/C13H23N3/c1-3-6-16-10-15-9-13(16)8-14-7-11(2)12-4-5-12/h9-12,14H,3-8H2,1-2H3. The van der Waals surface area contributed by atoms with E-state index in [-0.39, 0.29) is 0 Å². The lowest BCUT2D eigenvalue weighted by Gasteiger charge is -2.12. The first-order valence-electron chi connectivity index (χ1n) is 6.51. The van der Waals surface area contributed by atoms with Gasteiger partial charge in [0.05, 0.1) is 12.0 Å². The van der Waals surface area contributed by atoms with Gasteiger partial charge in [0.1, 0.15) is 0 Å². The van der Waals surface area contributed by atoms with Gasteiger partial charge in [-0.25, -0.2) is 4.98 Å². The maximum absolute atomic E-state index is 4.21. The maximum atomic E-state index is 4.21. The van der Waals surface area contributed by atoms with Gasteiger partial charge in [0.15, 0.2) is 0 Å². The Hall–Kier alpha value is -0.830. The van der Waals surface area contributed by atoms with Crippen molar-refractivity contribution >= 4 is 0 Å². The van der Waals surface area contributed by atoms with Crippen molar-refractivity contribution in [1.29, 1.82) is 0 Å². The molecule has 1 atom stereocenters. The minimum absolute atomic E-state index is 0.836. The van der Waals surface area contributed by atoms with Gasteiger partial charge < -0.3 is 9.88 Å². The summed E-state index contributed by atoms with van der Waals surface area (Å²) < 4.78 is 2.24. The predicted octanol–water partition coefficient (Wildman–Crippen LogP) is 2.43. The summed E-state index contributed by atoms with van der Waals surface area (Å²) in [7, 11) is 0. The highest BCUT2D eigenvalue weighted by Crippen LogP contribution is 2.36. The highest BCUT2D eigenvalue weighted by atomic mass is 15.1. The van der Waals surface area contributed by atoms with E-state index in [1.165, 1.54) is 25.0 Å². The molecule has 1 aromatic rings. The molecule has 2 rings (SSSR count). The fraction of sp³-hybridized carbons (Fsp3) is 0.769. The van der Waals surface area contributed by atoms with E-state index < -0.39 is 0 Å². The van der Waals surface area contributed by atoms with Gasteiger partial charge in [0.2, 0.25) is 0 Å². The Morgan fingerprint density at radius 1 is 1.56 bits per heavy atom. The Bertz CT molecular complexity index is 315. The SMILES string of the molecule is CCCn1cncc1CNCC(C)C1CC1. The van der Waals surface area contributed by atoms with Crippen LogP contribution in [-0.2, 0) is 13.1 Å². The van der Waals surface area contributed by atoms with Crippen molar-refractivity contribution in [1.82, 2.24) is 14.9 Å². The average molecular weight is 221 g/mol. The summed E-state index contributed by atoms with van der Waals surface area (Å²) in [4.78, 5) is 4.21. The van der Waals surface area contributed by atoms with E-state index in [0.717, 1.165) is 31.5 Å². The highest BCUT2D eigenvalue weighted by molar-refractivity contribution is 4.98. The molecule has 0 bridgehead atoms. The lowest BCUT2D eigenvalue weighted by atomic mass is 10.1. The van der Waals surface area contributed by atoms with Gasteiger partial charge in [-0.15, -0.1) is 0 Å². The number of imidazole rings is 1. The molecule has 1 aromatic heterocycles. The molecule has 3 nitrogen and oxygen atoms in total. The molecule has 0 radical (unpaired) electrons. The lowest BCUT2D eigenvalue weighted by molar-refractivity contribution is 0.455. The van der Waals surface area contributed by atoms with E-state index in [2.05, 4.69) is 28.7 Å². The summed E-state index contributed by atoms with van der Waals surface area (Å²) in [6.45, 7) is 7.73. The van der Waals surface area contributed by atoms with Crippen LogP contribution in [0.3, 0.4) is 0 Å². The number of aryl methyl sites for hydroxylation is 1. The molecule has 1 fully saturated rings. The second kappa shape index (κ2) is 5.48. The second-order valence-corrected chi connectivity index (χ2v) is 5.02. The highest BCUT2D eigenvalue weighted by Gasteiger charge is 2.27. The van der Waals surface area contributed by atoms with Crippen LogP contribution >= 0.6 is 0 Å². The van der Waals surface area contributed by atoms with Crippen LogP contribution in [0.5, 0.6) is 0 Å². The van der Waals surface area contributed by atoms with Crippen LogP contribution in [0.1, 0.15) is 38.8 Å². The predicted molar refractivity (Wildman–Crippen MR) is 66.1 cm³/mol. The first-order chi connectivity index (χ1) is 7.81.